The van der Waals surface area contributed by atoms with Crippen molar-refractivity contribution >= 4 is 27.4 Å². The van der Waals surface area contributed by atoms with Crippen molar-refractivity contribution in [3.8, 4) is 0 Å². The largest absolute Gasteiger partial charge is 0.490 e. The van der Waals surface area contributed by atoms with E-state index in [1.807, 2.05) is 30.3 Å². The minimum atomic E-state index is -2.01. The lowest BCUT2D eigenvalue weighted by molar-refractivity contribution is -0.164. The maximum atomic E-state index is 11.7. The van der Waals surface area contributed by atoms with Crippen LogP contribution in [0, 0.1) is 0 Å². The molecule has 0 fully saturated rings. The van der Waals surface area contributed by atoms with Gasteiger partial charge in [0.05, 0.1) is 13.2 Å². The fraction of sp³-hybridized carbons (Fsp3) is 0.353. The number of hydrogen-bond donors (Lipinski definition) is 3. The van der Waals surface area contributed by atoms with Gasteiger partial charge in [0.25, 0.3) is 0 Å². The molecule has 0 amide bonds. The second kappa shape index (κ2) is 6.52. The molecule has 6 nitrogen and oxygen atoms in total. The Labute approximate surface area is 142 Å². The molecule has 3 N–H and O–H groups in total. The molecule has 2 aromatic rings. The van der Waals surface area contributed by atoms with Crippen LogP contribution in [0.1, 0.15) is 11.3 Å². The Balaban J connectivity index is 1.80. The second-order valence-corrected chi connectivity index (χ2v) is 6.89. The highest BCUT2D eigenvalue weighted by atomic mass is 32.1. The molecule has 0 radical (unpaired) electrons. The summed E-state index contributed by atoms with van der Waals surface area (Å²) in [6.45, 7) is 0.159. The van der Waals surface area contributed by atoms with Crippen LogP contribution in [-0.2, 0) is 20.9 Å². The molecule has 1 heterocycles. The topological polar surface area (TPSA) is 96.2 Å². The number of thiophene rings is 1. The van der Waals surface area contributed by atoms with E-state index in [-0.39, 0.29) is 18.8 Å². The van der Waals surface area contributed by atoms with E-state index in [0.717, 1.165) is 28.1 Å². The summed E-state index contributed by atoms with van der Waals surface area (Å²) in [6.07, 6.45) is -1.86. The molecule has 24 heavy (non-hydrogen) atoms. The van der Waals surface area contributed by atoms with Gasteiger partial charge in [-0.05, 0) is 23.6 Å². The van der Waals surface area contributed by atoms with Crippen LogP contribution in [-0.4, -0.2) is 46.2 Å². The monoisotopic (exact) mass is 350 g/mol. The van der Waals surface area contributed by atoms with Gasteiger partial charge in [-0.1, -0.05) is 18.2 Å². The SMILES string of the molecule is COC(=O)[C@]1(O)C=C(OCc2cc3ccccc3s2)[C@@H](O)[C@H](O)C1. The molecule has 3 rings (SSSR count). The highest BCUT2D eigenvalue weighted by molar-refractivity contribution is 7.19. The molecular formula is C17H18O6S. The van der Waals surface area contributed by atoms with Crippen LogP contribution >= 0.6 is 11.3 Å². The van der Waals surface area contributed by atoms with Gasteiger partial charge < -0.3 is 24.8 Å². The zero-order chi connectivity index (χ0) is 17.3. The Hall–Kier alpha value is -1.93. The maximum absolute atomic E-state index is 11.7. The van der Waals surface area contributed by atoms with Gasteiger partial charge in [0.1, 0.15) is 18.5 Å². The van der Waals surface area contributed by atoms with E-state index in [1.54, 1.807) is 11.3 Å². The van der Waals surface area contributed by atoms with Crippen LogP contribution in [0.25, 0.3) is 10.1 Å². The first kappa shape index (κ1) is 16.9. The number of carbonyl (C=O) groups is 1. The summed E-state index contributed by atoms with van der Waals surface area (Å²) in [5.41, 5.74) is -2.01. The third kappa shape index (κ3) is 3.16. The molecule has 0 saturated carbocycles. The van der Waals surface area contributed by atoms with Gasteiger partial charge >= 0.3 is 5.97 Å². The minimum Gasteiger partial charge on any atom is -0.490 e. The Bertz CT molecular complexity index is 749. The van der Waals surface area contributed by atoms with Crippen LogP contribution in [0.3, 0.4) is 0 Å². The van der Waals surface area contributed by atoms with E-state index >= 15 is 0 Å². The molecular weight excluding hydrogens is 332 g/mol. The normalized spacial score (nSPS) is 26.9. The number of rotatable bonds is 4. The van der Waals surface area contributed by atoms with E-state index in [9.17, 15) is 20.1 Å². The molecule has 0 aliphatic heterocycles. The van der Waals surface area contributed by atoms with E-state index in [1.165, 1.54) is 0 Å². The van der Waals surface area contributed by atoms with Gasteiger partial charge in [-0.15, -0.1) is 11.3 Å². The predicted octanol–water partition coefficient (Wildman–Crippen LogP) is 1.33. The van der Waals surface area contributed by atoms with Crippen LogP contribution in [0.5, 0.6) is 0 Å². The number of benzene rings is 1. The zero-order valence-corrected chi connectivity index (χ0v) is 13.8. The van der Waals surface area contributed by atoms with Gasteiger partial charge in [-0.3, -0.25) is 0 Å². The van der Waals surface area contributed by atoms with Gasteiger partial charge in [0.2, 0.25) is 0 Å². The number of hydrogen-bond acceptors (Lipinski definition) is 7. The maximum Gasteiger partial charge on any atom is 0.342 e. The van der Waals surface area contributed by atoms with Crippen molar-refractivity contribution in [2.24, 2.45) is 0 Å². The molecule has 1 aliphatic rings. The Morgan fingerprint density at radius 2 is 2.12 bits per heavy atom. The predicted molar refractivity (Wildman–Crippen MR) is 88.3 cm³/mol. The lowest BCUT2D eigenvalue weighted by Crippen LogP contribution is -2.49. The molecule has 0 spiro atoms. The molecule has 1 aliphatic carbocycles. The second-order valence-electron chi connectivity index (χ2n) is 5.72. The number of methoxy groups -OCH3 is 1. The van der Waals surface area contributed by atoms with Crippen molar-refractivity contribution in [1.29, 1.82) is 0 Å². The van der Waals surface area contributed by atoms with Crippen LogP contribution in [0.15, 0.2) is 42.2 Å². The summed E-state index contributed by atoms with van der Waals surface area (Å²) in [6, 6.07) is 9.85. The van der Waals surface area contributed by atoms with Gasteiger partial charge in [-0.25, -0.2) is 4.79 Å². The number of aliphatic hydroxyl groups is 3. The van der Waals surface area contributed by atoms with Crippen molar-refractivity contribution in [2.45, 2.75) is 30.8 Å². The number of aliphatic hydroxyl groups excluding tert-OH is 2. The van der Waals surface area contributed by atoms with E-state index in [2.05, 4.69) is 4.74 Å². The summed E-state index contributed by atoms with van der Waals surface area (Å²) >= 11 is 1.55. The number of fused-ring (bicyclic) bond motifs is 1. The third-order valence-electron chi connectivity index (χ3n) is 3.95. The number of ether oxygens (including phenoxy) is 2. The Morgan fingerprint density at radius 1 is 1.38 bits per heavy atom. The summed E-state index contributed by atoms with van der Waals surface area (Å²) < 4.78 is 11.2. The first-order valence-corrected chi connectivity index (χ1v) is 8.24. The fourth-order valence-electron chi connectivity index (χ4n) is 2.71. The van der Waals surface area contributed by atoms with Crippen molar-refractivity contribution in [1.82, 2.24) is 0 Å². The summed E-state index contributed by atoms with van der Waals surface area (Å²) in [5, 5.41) is 31.3. The van der Waals surface area contributed by atoms with Crippen molar-refractivity contribution < 1.29 is 29.6 Å². The fourth-order valence-corrected chi connectivity index (χ4v) is 3.69. The first-order chi connectivity index (χ1) is 11.4. The Morgan fingerprint density at radius 3 is 2.83 bits per heavy atom. The Kier molecular flexibility index (Phi) is 4.60. The van der Waals surface area contributed by atoms with Crippen LogP contribution in [0.2, 0.25) is 0 Å². The van der Waals surface area contributed by atoms with Gasteiger partial charge in [0.15, 0.2) is 5.60 Å². The van der Waals surface area contributed by atoms with Crippen LogP contribution < -0.4 is 0 Å². The van der Waals surface area contributed by atoms with Gasteiger partial charge in [-0.2, -0.15) is 0 Å². The van der Waals surface area contributed by atoms with Crippen LogP contribution in [0.4, 0.5) is 0 Å². The molecule has 0 saturated heterocycles. The molecule has 3 atom stereocenters. The zero-order valence-electron chi connectivity index (χ0n) is 13.0. The highest BCUT2D eigenvalue weighted by Gasteiger charge is 2.45. The average Bonchev–Trinajstić information content (AvgIpc) is 2.99. The van der Waals surface area contributed by atoms with E-state index in [4.69, 9.17) is 4.74 Å². The molecule has 128 valence electrons. The van der Waals surface area contributed by atoms with Crippen molar-refractivity contribution in [3.05, 3.63) is 47.0 Å². The molecule has 1 aromatic heterocycles. The molecule has 7 heteroatoms. The molecule has 0 unspecified atom stereocenters. The third-order valence-corrected chi connectivity index (χ3v) is 5.04. The lowest BCUT2D eigenvalue weighted by Gasteiger charge is -2.33. The van der Waals surface area contributed by atoms with E-state index in [0.29, 0.717) is 0 Å². The standard InChI is InChI=1S/C17H18O6S/c1-22-16(20)17(21)7-12(18)15(19)13(8-17)23-9-11-6-10-4-2-3-5-14(10)24-11/h2-6,8,12,15,18-19,21H,7,9H2,1H3/t12-,15+,17-/m1/s1. The quantitative estimate of drug-likeness (QED) is 0.720. The van der Waals surface area contributed by atoms with E-state index < -0.39 is 23.8 Å². The summed E-state index contributed by atoms with van der Waals surface area (Å²) in [5.74, 6) is -0.949. The van der Waals surface area contributed by atoms with Gasteiger partial charge in [0, 0.05) is 16.0 Å². The van der Waals surface area contributed by atoms with Crippen molar-refractivity contribution in [2.75, 3.05) is 7.11 Å². The molecule has 1 aromatic carbocycles. The summed E-state index contributed by atoms with van der Waals surface area (Å²) in [7, 11) is 1.14. The smallest absolute Gasteiger partial charge is 0.342 e. The number of carbonyl (C=O) groups excluding carboxylic acids is 1. The lowest BCUT2D eigenvalue weighted by atomic mass is 9.86. The number of esters is 1. The minimum absolute atomic E-state index is 0.0425. The summed E-state index contributed by atoms with van der Waals surface area (Å²) in [4.78, 5) is 12.6. The average molecular weight is 350 g/mol. The molecule has 0 bridgehead atoms. The first-order valence-electron chi connectivity index (χ1n) is 7.43. The van der Waals surface area contributed by atoms with Crippen molar-refractivity contribution in [3.63, 3.8) is 0 Å². The highest BCUT2D eigenvalue weighted by Crippen LogP contribution is 2.31.